The highest BCUT2D eigenvalue weighted by Gasteiger charge is 2.03. The smallest absolute Gasteiger partial charge is 0.191 e. The van der Waals surface area contributed by atoms with Crippen LogP contribution in [0.25, 0.3) is 0 Å². The summed E-state index contributed by atoms with van der Waals surface area (Å²) in [6, 6.07) is 10.9. The average molecular weight is 272 g/mol. The van der Waals surface area contributed by atoms with Crippen molar-refractivity contribution in [3.8, 4) is 6.07 Å². The van der Waals surface area contributed by atoms with Crippen LogP contribution in [0.5, 0.6) is 0 Å². The number of hydrogen-bond acceptors (Lipinski definition) is 7. The van der Waals surface area contributed by atoms with Gasteiger partial charge in [0.05, 0.1) is 11.6 Å². The molecule has 1 heterocycles. The first-order chi connectivity index (χ1) is 9.25. The summed E-state index contributed by atoms with van der Waals surface area (Å²) in [4.78, 5) is 8.49. The molecule has 0 spiro atoms. The van der Waals surface area contributed by atoms with Crippen LogP contribution in [0, 0.1) is 11.3 Å². The van der Waals surface area contributed by atoms with Gasteiger partial charge in [-0.1, -0.05) is 11.8 Å². The van der Waals surface area contributed by atoms with Crippen LogP contribution >= 0.6 is 11.8 Å². The monoisotopic (exact) mass is 272 g/mol. The van der Waals surface area contributed by atoms with E-state index in [1.54, 1.807) is 18.2 Å². The van der Waals surface area contributed by atoms with E-state index < -0.39 is 0 Å². The fraction of sp³-hybridized carbons (Fsp3) is 0.0833. The van der Waals surface area contributed by atoms with Gasteiger partial charge in [0.1, 0.15) is 11.6 Å². The van der Waals surface area contributed by atoms with Crippen LogP contribution in [0.1, 0.15) is 5.56 Å². The standard InChI is InChI=1S/C12H12N6S/c1-19-12-16-10(6-11(17-12)18-14)15-9-4-2-8(7-13)3-5-9/h2-6H,14H2,1H3,(H2,15,16,17,18). The van der Waals surface area contributed by atoms with E-state index in [9.17, 15) is 0 Å². The lowest BCUT2D eigenvalue weighted by Crippen LogP contribution is -2.10. The number of benzene rings is 1. The molecule has 0 aliphatic rings. The molecule has 0 aliphatic carbocycles. The minimum Gasteiger partial charge on any atom is -0.340 e. The van der Waals surface area contributed by atoms with E-state index in [2.05, 4.69) is 26.8 Å². The maximum atomic E-state index is 8.74. The Bertz CT molecular complexity index is 582. The van der Waals surface area contributed by atoms with Crippen molar-refractivity contribution >= 4 is 29.1 Å². The van der Waals surface area contributed by atoms with Crippen LogP contribution in [0.2, 0.25) is 0 Å². The number of rotatable bonds is 4. The molecule has 1 aromatic carbocycles. The van der Waals surface area contributed by atoms with Crippen LogP contribution in [-0.2, 0) is 0 Å². The lowest BCUT2D eigenvalue weighted by atomic mass is 10.2. The summed E-state index contributed by atoms with van der Waals surface area (Å²) < 4.78 is 0. The highest BCUT2D eigenvalue weighted by molar-refractivity contribution is 7.98. The number of nitriles is 1. The van der Waals surface area contributed by atoms with Crippen molar-refractivity contribution in [3.05, 3.63) is 35.9 Å². The second-order valence-corrected chi connectivity index (χ2v) is 4.36. The van der Waals surface area contributed by atoms with Crippen LogP contribution in [0.4, 0.5) is 17.3 Å². The fourth-order valence-electron chi connectivity index (χ4n) is 1.43. The summed E-state index contributed by atoms with van der Waals surface area (Å²) in [6.07, 6.45) is 1.89. The van der Waals surface area contributed by atoms with Gasteiger partial charge in [-0.25, -0.2) is 15.8 Å². The van der Waals surface area contributed by atoms with E-state index in [0.717, 1.165) is 5.69 Å². The molecule has 0 amide bonds. The number of hydrogen-bond donors (Lipinski definition) is 3. The molecular formula is C12H12N6S. The first kappa shape index (κ1) is 13.1. The zero-order valence-corrected chi connectivity index (χ0v) is 11.0. The van der Waals surface area contributed by atoms with Gasteiger partial charge in [-0.3, -0.25) is 0 Å². The van der Waals surface area contributed by atoms with Crippen LogP contribution < -0.4 is 16.6 Å². The Hall–Kier alpha value is -2.30. The molecular weight excluding hydrogens is 260 g/mol. The van der Waals surface area contributed by atoms with Crippen molar-refractivity contribution < 1.29 is 0 Å². The predicted molar refractivity (Wildman–Crippen MR) is 76.1 cm³/mol. The van der Waals surface area contributed by atoms with Gasteiger partial charge in [-0.15, -0.1) is 0 Å². The molecule has 7 heteroatoms. The van der Waals surface area contributed by atoms with Crippen molar-refractivity contribution in [3.63, 3.8) is 0 Å². The Kier molecular flexibility index (Phi) is 4.18. The van der Waals surface area contributed by atoms with Crippen molar-refractivity contribution in [2.24, 2.45) is 5.84 Å². The quantitative estimate of drug-likeness (QED) is 0.339. The van der Waals surface area contributed by atoms with E-state index in [0.29, 0.717) is 22.4 Å². The van der Waals surface area contributed by atoms with Gasteiger partial charge in [-0.05, 0) is 30.5 Å². The van der Waals surface area contributed by atoms with Crippen LogP contribution in [-0.4, -0.2) is 16.2 Å². The Labute approximate surface area is 115 Å². The number of anilines is 3. The Morgan fingerprint density at radius 3 is 2.47 bits per heavy atom. The summed E-state index contributed by atoms with van der Waals surface area (Å²) in [6.45, 7) is 0. The second kappa shape index (κ2) is 6.04. The van der Waals surface area contributed by atoms with Gasteiger partial charge in [-0.2, -0.15) is 5.26 Å². The molecule has 0 saturated carbocycles. The molecule has 0 radical (unpaired) electrons. The predicted octanol–water partition coefficient (Wildman–Crippen LogP) is 2.10. The van der Waals surface area contributed by atoms with Gasteiger partial charge in [0.25, 0.3) is 0 Å². The van der Waals surface area contributed by atoms with Crippen molar-refractivity contribution in [1.82, 2.24) is 9.97 Å². The molecule has 2 aromatic rings. The zero-order valence-electron chi connectivity index (χ0n) is 10.2. The van der Waals surface area contributed by atoms with Crippen LogP contribution in [0.3, 0.4) is 0 Å². The topological polar surface area (TPSA) is 99.6 Å². The summed E-state index contributed by atoms with van der Waals surface area (Å²) >= 11 is 1.43. The van der Waals surface area contributed by atoms with Gasteiger partial charge < -0.3 is 10.7 Å². The Morgan fingerprint density at radius 1 is 1.21 bits per heavy atom. The summed E-state index contributed by atoms with van der Waals surface area (Å²) in [5, 5.41) is 12.5. The highest BCUT2D eigenvalue weighted by Crippen LogP contribution is 2.20. The number of aromatic nitrogens is 2. The van der Waals surface area contributed by atoms with Gasteiger partial charge in [0.2, 0.25) is 0 Å². The number of hydrazine groups is 1. The number of thioether (sulfide) groups is 1. The number of nitrogens with zero attached hydrogens (tertiary/aromatic N) is 3. The normalized spacial score (nSPS) is 9.74. The Balaban J connectivity index is 2.24. The molecule has 2 rings (SSSR count). The van der Waals surface area contributed by atoms with E-state index in [4.69, 9.17) is 11.1 Å². The van der Waals surface area contributed by atoms with Crippen molar-refractivity contribution in [2.75, 3.05) is 17.0 Å². The minimum absolute atomic E-state index is 0.537. The van der Waals surface area contributed by atoms with E-state index in [1.165, 1.54) is 11.8 Å². The summed E-state index contributed by atoms with van der Waals surface area (Å²) in [5.41, 5.74) is 3.95. The van der Waals surface area contributed by atoms with Gasteiger partial charge in [0.15, 0.2) is 5.16 Å². The molecule has 4 N–H and O–H groups in total. The number of nitrogens with one attached hydrogen (secondary N) is 2. The van der Waals surface area contributed by atoms with Gasteiger partial charge >= 0.3 is 0 Å². The van der Waals surface area contributed by atoms with Crippen LogP contribution in [0.15, 0.2) is 35.5 Å². The second-order valence-electron chi connectivity index (χ2n) is 3.58. The Morgan fingerprint density at radius 2 is 1.89 bits per heavy atom. The molecule has 0 unspecified atom stereocenters. The first-order valence-corrected chi connectivity index (χ1v) is 6.64. The summed E-state index contributed by atoms with van der Waals surface area (Å²) in [5.74, 6) is 6.53. The minimum atomic E-state index is 0.537. The molecule has 6 nitrogen and oxygen atoms in total. The molecule has 19 heavy (non-hydrogen) atoms. The summed E-state index contributed by atoms with van der Waals surface area (Å²) in [7, 11) is 0. The lowest BCUT2D eigenvalue weighted by molar-refractivity contribution is 0.971. The third-order valence-electron chi connectivity index (χ3n) is 2.32. The first-order valence-electron chi connectivity index (χ1n) is 5.42. The molecule has 0 aliphatic heterocycles. The molecule has 0 saturated heterocycles. The SMILES string of the molecule is CSc1nc(NN)cc(Nc2ccc(C#N)cc2)n1. The lowest BCUT2D eigenvalue weighted by Gasteiger charge is -2.08. The molecule has 0 atom stereocenters. The molecule has 96 valence electrons. The average Bonchev–Trinajstić information content (AvgIpc) is 2.47. The van der Waals surface area contributed by atoms with E-state index in [1.807, 2.05) is 18.4 Å². The van der Waals surface area contributed by atoms with E-state index >= 15 is 0 Å². The van der Waals surface area contributed by atoms with Crippen molar-refractivity contribution in [2.45, 2.75) is 5.16 Å². The molecule has 0 bridgehead atoms. The van der Waals surface area contributed by atoms with Gasteiger partial charge in [0, 0.05) is 11.8 Å². The third kappa shape index (κ3) is 3.34. The third-order valence-corrected chi connectivity index (χ3v) is 2.87. The maximum absolute atomic E-state index is 8.74. The highest BCUT2D eigenvalue weighted by atomic mass is 32.2. The molecule has 1 aromatic heterocycles. The largest absolute Gasteiger partial charge is 0.340 e. The number of nitrogen functional groups attached to an aromatic ring is 1. The maximum Gasteiger partial charge on any atom is 0.191 e. The van der Waals surface area contributed by atoms with E-state index in [-0.39, 0.29) is 0 Å². The zero-order chi connectivity index (χ0) is 13.7. The number of nitrogens with two attached hydrogens (primary N) is 1. The molecule has 0 fully saturated rings. The van der Waals surface area contributed by atoms with Crippen molar-refractivity contribution in [1.29, 1.82) is 5.26 Å². The fourth-order valence-corrected chi connectivity index (χ4v) is 1.81.